The molecule has 1 atom stereocenters. The van der Waals surface area contributed by atoms with Crippen molar-refractivity contribution < 1.29 is 8.42 Å². The monoisotopic (exact) mass is 271 g/mol. The van der Waals surface area contributed by atoms with Crippen molar-refractivity contribution in [1.29, 1.82) is 0 Å². The summed E-state index contributed by atoms with van der Waals surface area (Å²) in [6, 6.07) is 0.197. The highest BCUT2D eigenvalue weighted by Gasteiger charge is 2.31. The van der Waals surface area contributed by atoms with Crippen LogP contribution in [0.1, 0.15) is 6.92 Å². The van der Waals surface area contributed by atoms with Gasteiger partial charge in [0.25, 0.3) is 0 Å². The Morgan fingerprint density at radius 1 is 1.33 bits per heavy atom. The van der Waals surface area contributed by atoms with Crippen LogP contribution in [0.15, 0.2) is 17.3 Å². The first-order valence-electron chi connectivity index (χ1n) is 5.69. The van der Waals surface area contributed by atoms with Gasteiger partial charge in [-0.2, -0.15) is 4.31 Å². The van der Waals surface area contributed by atoms with Crippen LogP contribution < -0.4 is 5.73 Å². The molecular formula is C10H17N5O2S. The Balaban J connectivity index is 2.24. The minimum Gasteiger partial charge on any atom is -0.368 e. The lowest BCUT2D eigenvalue weighted by Gasteiger charge is -2.36. The van der Waals surface area contributed by atoms with Crippen molar-refractivity contribution >= 4 is 16.0 Å². The Bertz CT molecular complexity index is 516. The molecule has 1 aliphatic heterocycles. The maximum atomic E-state index is 12.3. The largest absolute Gasteiger partial charge is 0.368 e. The molecule has 1 aromatic heterocycles. The Hall–Kier alpha value is -1.25. The minimum atomic E-state index is -3.51. The molecular weight excluding hydrogens is 254 g/mol. The van der Waals surface area contributed by atoms with Gasteiger partial charge in [0.2, 0.25) is 16.0 Å². The van der Waals surface area contributed by atoms with E-state index in [2.05, 4.69) is 14.9 Å². The molecule has 1 unspecified atom stereocenters. The second-order valence-electron chi connectivity index (χ2n) is 4.47. The molecule has 2 heterocycles. The molecule has 0 spiro atoms. The number of rotatable bonds is 2. The zero-order chi connectivity index (χ0) is 13.3. The van der Waals surface area contributed by atoms with E-state index in [4.69, 9.17) is 5.73 Å². The number of likely N-dealkylation sites (N-methyl/N-ethyl adjacent to an activating group) is 1. The molecule has 0 aromatic carbocycles. The van der Waals surface area contributed by atoms with Crippen LogP contribution >= 0.6 is 0 Å². The Kier molecular flexibility index (Phi) is 3.51. The van der Waals surface area contributed by atoms with Gasteiger partial charge in [-0.3, -0.25) is 0 Å². The molecule has 1 aliphatic rings. The van der Waals surface area contributed by atoms with E-state index in [1.54, 1.807) is 0 Å². The lowest BCUT2D eigenvalue weighted by atomic mass is 10.2. The highest BCUT2D eigenvalue weighted by molar-refractivity contribution is 7.89. The first-order valence-corrected chi connectivity index (χ1v) is 7.13. The van der Waals surface area contributed by atoms with E-state index in [0.717, 1.165) is 6.54 Å². The van der Waals surface area contributed by atoms with Crippen molar-refractivity contribution in [2.24, 2.45) is 0 Å². The number of anilines is 1. The van der Waals surface area contributed by atoms with Gasteiger partial charge in [0.1, 0.15) is 4.90 Å². The third-order valence-corrected chi connectivity index (χ3v) is 5.03. The summed E-state index contributed by atoms with van der Waals surface area (Å²) < 4.78 is 26.1. The zero-order valence-corrected chi connectivity index (χ0v) is 11.3. The molecule has 0 bridgehead atoms. The summed E-state index contributed by atoms with van der Waals surface area (Å²) in [5.74, 6) is 0.0701. The Labute approximate surface area is 107 Å². The molecule has 1 saturated heterocycles. The van der Waals surface area contributed by atoms with Crippen LogP contribution in [-0.4, -0.2) is 60.3 Å². The van der Waals surface area contributed by atoms with Gasteiger partial charge >= 0.3 is 0 Å². The molecule has 2 N–H and O–H groups in total. The average Bonchev–Trinajstić information content (AvgIpc) is 2.33. The fraction of sp³-hybridized carbons (Fsp3) is 0.600. The number of nitrogens with zero attached hydrogens (tertiary/aromatic N) is 4. The van der Waals surface area contributed by atoms with Gasteiger partial charge in [-0.25, -0.2) is 18.4 Å². The lowest BCUT2D eigenvalue weighted by Crippen LogP contribution is -2.51. The van der Waals surface area contributed by atoms with Crippen molar-refractivity contribution in [3.8, 4) is 0 Å². The fourth-order valence-electron chi connectivity index (χ4n) is 1.84. The number of nitrogens with two attached hydrogens (primary N) is 1. The summed E-state index contributed by atoms with van der Waals surface area (Å²) in [6.07, 6.45) is 2.50. The summed E-state index contributed by atoms with van der Waals surface area (Å²) in [4.78, 5) is 9.67. The molecule has 0 aliphatic carbocycles. The molecule has 0 amide bonds. The number of piperazine rings is 1. The van der Waals surface area contributed by atoms with Crippen LogP contribution in [0.2, 0.25) is 0 Å². The van der Waals surface area contributed by atoms with Gasteiger partial charge in [-0.1, -0.05) is 0 Å². The topological polar surface area (TPSA) is 92.4 Å². The third-order valence-electron chi connectivity index (χ3n) is 3.21. The van der Waals surface area contributed by atoms with Crippen LogP contribution in [0.5, 0.6) is 0 Å². The van der Waals surface area contributed by atoms with Gasteiger partial charge in [0, 0.05) is 25.7 Å². The molecule has 1 aromatic rings. The van der Waals surface area contributed by atoms with Crippen LogP contribution in [0.4, 0.5) is 5.95 Å². The summed E-state index contributed by atoms with van der Waals surface area (Å²) in [5.41, 5.74) is 5.35. The SMILES string of the molecule is CC1CN(S(=O)(=O)c2cnc(N)nc2)CCN1C. The molecule has 7 nitrogen and oxygen atoms in total. The summed E-state index contributed by atoms with van der Waals surface area (Å²) in [6.45, 7) is 3.67. The molecule has 2 rings (SSSR count). The maximum Gasteiger partial charge on any atom is 0.246 e. The quantitative estimate of drug-likeness (QED) is 0.771. The highest BCUT2D eigenvalue weighted by Crippen LogP contribution is 2.18. The van der Waals surface area contributed by atoms with E-state index in [-0.39, 0.29) is 16.9 Å². The molecule has 8 heteroatoms. The van der Waals surface area contributed by atoms with E-state index in [9.17, 15) is 8.42 Å². The molecule has 0 saturated carbocycles. The highest BCUT2D eigenvalue weighted by atomic mass is 32.2. The van der Waals surface area contributed by atoms with Crippen molar-refractivity contribution in [3.63, 3.8) is 0 Å². The Morgan fingerprint density at radius 2 is 1.94 bits per heavy atom. The minimum absolute atomic E-state index is 0.0701. The van der Waals surface area contributed by atoms with Crippen molar-refractivity contribution in [2.45, 2.75) is 17.9 Å². The predicted octanol–water partition coefficient (Wildman–Crippen LogP) is -0.617. The zero-order valence-electron chi connectivity index (χ0n) is 10.4. The van der Waals surface area contributed by atoms with Gasteiger partial charge in [-0.05, 0) is 14.0 Å². The van der Waals surface area contributed by atoms with Gasteiger partial charge in [-0.15, -0.1) is 0 Å². The number of aromatic nitrogens is 2. The van der Waals surface area contributed by atoms with E-state index >= 15 is 0 Å². The molecule has 100 valence electrons. The number of hydrogen-bond acceptors (Lipinski definition) is 6. The predicted molar refractivity (Wildman–Crippen MR) is 67.3 cm³/mol. The van der Waals surface area contributed by atoms with Crippen LogP contribution in [0.3, 0.4) is 0 Å². The van der Waals surface area contributed by atoms with Crippen LogP contribution in [0, 0.1) is 0 Å². The summed E-state index contributed by atoms with van der Waals surface area (Å²) in [7, 11) is -1.52. The van der Waals surface area contributed by atoms with Gasteiger partial charge < -0.3 is 10.6 Å². The van der Waals surface area contributed by atoms with Crippen molar-refractivity contribution in [2.75, 3.05) is 32.4 Å². The maximum absolute atomic E-state index is 12.3. The van der Waals surface area contributed by atoms with Crippen molar-refractivity contribution in [1.82, 2.24) is 19.2 Å². The first-order chi connectivity index (χ1) is 8.41. The molecule has 1 fully saturated rings. The fourth-order valence-corrected chi connectivity index (χ4v) is 3.25. The Morgan fingerprint density at radius 3 is 2.50 bits per heavy atom. The summed E-state index contributed by atoms with van der Waals surface area (Å²) in [5, 5.41) is 0. The standard InChI is InChI=1S/C10H17N5O2S/c1-8-7-15(4-3-14(8)2)18(16,17)9-5-12-10(11)13-6-9/h5-6,8H,3-4,7H2,1-2H3,(H2,11,12,13). The molecule has 0 radical (unpaired) electrons. The smallest absolute Gasteiger partial charge is 0.246 e. The average molecular weight is 271 g/mol. The van der Waals surface area contributed by atoms with Gasteiger partial charge in [0.15, 0.2) is 0 Å². The van der Waals surface area contributed by atoms with E-state index in [1.165, 1.54) is 16.7 Å². The first kappa shape index (κ1) is 13.2. The van der Waals surface area contributed by atoms with Crippen LogP contribution in [-0.2, 0) is 10.0 Å². The van der Waals surface area contributed by atoms with Crippen LogP contribution in [0.25, 0.3) is 0 Å². The molecule has 18 heavy (non-hydrogen) atoms. The number of nitrogen functional groups attached to an aromatic ring is 1. The second kappa shape index (κ2) is 4.79. The normalized spacial score (nSPS) is 23.1. The van der Waals surface area contributed by atoms with E-state index in [1.807, 2.05) is 14.0 Å². The van der Waals surface area contributed by atoms with Crippen molar-refractivity contribution in [3.05, 3.63) is 12.4 Å². The van der Waals surface area contributed by atoms with E-state index < -0.39 is 10.0 Å². The second-order valence-corrected chi connectivity index (χ2v) is 6.41. The van der Waals surface area contributed by atoms with Gasteiger partial charge in [0.05, 0.1) is 12.4 Å². The third kappa shape index (κ3) is 2.45. The lowest BCUT2D eigenvalue weighted by molar-refractivity contribution is 0.159. The number of sulfonamides is 1. The van der Waals surface area contributed by atoms with E-state index in [0.29, 0.717) is 13.1 Å². The summed E-state index contributed by atoms with van der Waals surface area (Å²) >= 11 is 0. The number of hydrogen-bond donors (Lipinski definition) is 1.